The first-order valence-corrected chi connectivity index (χ1v) is 24.0. The summed E-state index contributed by atoms with van der Waals surface area (Å²) in [5, 5.41) is 26.0. The molecule has 18 nitrogen and oxygen atoms in total. The van der Waals surface area contributed by atoms with Crippen molar-refractivity contribution in [3.63, 3.8) is 0 Å². The Morgan fingerprint density at radius 1 is 0.778 bits per heavy atom. The number of methoxy groups -OCH3 is 2. The maximum atomic E-state index is 14.1. The number of carbonyl (C=O) groups excluding carboxylic acids is 5. The van der Waals surface area contributed by atoms with Crippen molar-refractivity contribution in [3.05, 3.63) is 124 Å². The summed E-state index contributed by atoms with van der Waals surface area (Å²) in [4.78, 5) is 72.8. The average Bonchev–Trinajstić information content (AvgIpc) is 3.88. The SMILES string of the molecule is CCC(=O)C(C)CNCC(=O)NCC(=O)NCC(=O)Nc1cc(COc2cc3c(cc2OC)C(O)N2c4ccccc4C[C@H]2C=N3)cc(COc2cc3c(cc2OC)C(=O)N2c4ccccc4C[C@H]2CN3)c1. The number of aliphatic imine (C=N–C) groups is 1. The van der Waals surface area contributed by atoms with Crippen molar-refractivity contribution < 1.29 is 48.0 Å². The molecule has 0 spiro atoms. The van der Waals surface area contributed by atoms with Crippen molar-refractivity contribution in [3.8, 4) is 23.0 Å². The molecule has 2 unspecified atom stereocenters. The third-order valence-corrected chi connectivity index (χ3v) is 13.3. The van der Waals surface area contributed by atoms with Crippen LogP contribution in [0.3, 0.4) is 0 Å². The van der Waals surface area contributed by atoms with Crippen molar-refractivity contribution >= 4 is 64.1 Å². The predicted octanol–water partition coefficient (Wildman–Crippen LogP) is 5.37. The van der Waals surface area contributed by atoms with E-state index in [9.17, 15) is 29.1 Å². The summed E-state index contributed by atoms with van der Waals surface area (Å²) < 4.78 is 24.4. The minimum Gasteiger partial charge on any atom is -0.493 e. The summed E-state index contributed by atoms with van der Waals surface area (Å²) in [5.74, 6) is -0.313. The third-order valence-electron chi connectivity index (χ3n) is 13.3. The van der Waals surface area contributed by atoms with Gasteiger partial charge in [0.2, 0.25) is 17.7 Å². The smallest absolute Gasteiger partial charge is 0.260 e. The molecule has 4 aliphatic heterocycles. The number of nitrogens with zero attached hydrogens (tertiary/aromatic N) is 3. The Morgan fingerprint density at radius 3 is 2.12 bits per heavy atom. The lowest BCUT2D eigenvalue weighted by Crippen LogP contribution is -2.43. The van der Waals surface area contributed by atoms with Gasteiger partial charge in [-0.3, -0.25) is 29.0 Å². The number of rotatable bonds is 19. The van der Waals surface area contributed by atoms with Crippen LogP contribution in [0.2, 0.25) is 0 Å². The fourth-order valence-corrected chi connectivity index (χ4v) is 9.64. The van der Waals surface area contributed by atoms with Crippen LogP contribution in [0.15, 0.2) is 96.0 Å². The van der Waals surface area contributed by atoms with Crippen molar-refractivity contribution in [2.75, 3.05) is 67.4 Å². The van der Waals surface area contributed by atoms with Gasteiger partial charge >= 0.3 is 0 Å². The molecule has 4 atom stereocenters. The Labute approximate surface area is 417 Å². The lowest BCUT2D eigenvalue weighted by atomic mass is 10.1. The zero-order valence-corrected chi connectivity index (χ0v) is 40.6. The molecule has 5 aromatic carbocycles. The molecule has 5 aromatic rings. The topological polar surface area (TPSA) is 221 Å². The van der Waals surface area contributed by atoms with Crippen LogP contribution < -0.4 is 55.3 Å². The molecule has 4 heterocycles. The van der Waals surface area contributed by atoms with Gasteiger partial charge in [-0.25, -0.2) is 0 Å². The number of amides is 4. The zero-order chi connectivity index (χ0) is 50.5. The van der Waals surface area contributed by atoms with Crippen LogP contribution in [0.4, 0.5) is 28.4 Å². The second-order valence-electron chi connectivity index (χ2n) is 18.2. The molecular formula is C54H58N8O10. The standard InChI is InChI=1S/C54H58N8O10/c1-5-45(63)31(2)23-55-26-50(64)58-27-51(65)59-28-52(66)60-36-15-32(29-71-48-21-41-39(19-46(48)69-3)53(67)61-37(24-56-41)17-34-10-6-8-12-43(34)61)14-33(16-36)30-72-49-22-42-40(20-47(49)70-4)54(68)62-38(25-57-42)18-35-11-7-9-13-44(35)62/h6-16,19-22,24,31,37-38,53,55,57,67H,5,17-18,23,25-30H2,1-4H3,(H,58,64)(H,59,65)(H,60,66)/t31?,37-,38-,53?/m0/s1. The lowest BCUT2D eigenvalue weighted by molar-refractivity contribution is -0.126. The number of carbonyl (C=O) groups is 5. The molecule has 0 bridgehead atoms. The molecule has 0 aromatic heterocycles. The molecule has 0 saturated heterocycles. The third kappa shape index (κ3) is 10.5. The van der Waals surface area contributed by atoms with E-state index in [1.165, 1.54) is 14.2 Å². The Kier molecular flexibility index (Phi) is 14.7. The number of Topliss-reactive ketones (excluding diaryl/α,β-unsaturated/α-hetero) is 1. The van der Waals surface area contributed by atoms with Gasteiger partial charge in [0.05, 0.1) is 62.9 Å². The van der Waals surface area contributed by atoms with Crippen LogP contribution >= 0.6 is 0 Å². The summed E-state index contributed by atoms with van der Waals surface area (Å²) >= 11 is 0. The number of para-hydroxylation sites is 2. The van der Waals surface area contributed by atoms with Crippen LogP contribution in [-0.2, 0) is 45.2 Å². The summed E-state index contributed by atoms with van der Waals surface area (Å²) in [5.41, 5.74) is 7.93. The molecule has 4 amide bonds. The zero-order valence-electron chi connectivity index (χ0n) is 40.6. The second-order valence-corrected chi connectivity index (χ2v) is 18.2. The van der Waals surface area contributed by atoms with Crippen LogP contribution in [0, 0.1) is 5.92 Å². The Morgan fingerprint density at radius 2 is 1.42 bits per heavy atom. The summed E-state index contributed by atoms with van der Waals surface area (Å²) in [6.45, 7) is 3.65. The highest BCUT2D eigenvalue weighted by molar-refractivity contribution is 6.12. The van der Waals surface area contributed by atoms with Gasteiger partial charge in [-0.1, -0.05) is 50.2 Å². The average molecular weight is 979 g/mol. The number of fused-ring (bicyclic) bond motifs is 8. The van der Waals surface area contributed by atoms with E-state index in [1.807, 2.05) is 64.5 Å². The number of hydrogen-bond donors (Lipinski definition) is 6. The largest absolute Gasteiger partial charge is 0.493 e. The minimum absolute atomic E-state index is 0.00829. The van der Waals surface area contributed by atoms with Crippen molar-refractivity contribution in [1.82, 2.24) is 16.0 Å². The Hall–Kier alpha value is -7.96. The first kappa shape index (κ1) is 49.0. The first-order valence-electron chi connectivity index (χ1n) is 24.0. The Balaban J connectivity index is 0.907. The number of hydrogen-bond acceptors (Lipinski definition) is 14. The molecule has 6 N–H and O–H groups in total. The maximum absolute atomic E-state index is 14.1. The quantitative estimate of drug-likeness (QED) is 0.0614. The van der Waals surface area contributed by atoms with E-state index in [-0.39, 0.29) is 62.5 Å². The summed E-state index contributed by atoms with van der Waals surface area (Å²) in [7, 11) is 3.03. The van der Waals surface area contributed by atoms with Crippen LogP contribution in [-0.4, -0.2) is 99.8 Å². The molecule has 72 heavy (non-hydrogen) atoms. The van der Waals surface area contributed by atoms with Gasteiger partial charge in [-0.15, -0.1) is 0 Å². The molecule has 0 fully saturated rings. The number of ether oxygens (including phenoxy) is 4. The van der Waals surface area contributed by atoms with Gasteiger partial charge in [0.15, 0.2) is 29.2 Å². The fourth-order valence-electron chi connectivity index (χ4n) is 9.64. The number of ketones is 1. The fraction of sp³-hybridized carbons (Fsp3) is 0.333. The van der Waals surface area contributed by atoms with Gasteiger partial charge in [0, 0.05) is 72.8 Å². The lowest BCUT2D eigenvalue weighted by Gasteiger charge is -2.29. The van der Waals surface area contributed by atoms with Gasteiger partial charge in [0.1, 0.15) is 19.0 Å². The highest BCUT2D eigenvalue weighted by atomic mass is 16.5. The number of benzene rings is 5. The second kappa shape index (κ2) is 21.6. The normalized spacial score (nSPS) is 17.3. The van der Waals surface area contributed by atoms with Gasteiger partial charge < -0.3 is 60.4 Å². The number of anilines is 4. The van der Waals surface area contributed by atoms with E-state index < -0.39 is 23.9 Å². The molecule has 0 saturated carbocycles. The van der Waals surface area contributed by atoms with Crippen molar-refractivity contribution in [2.45, 2.75) is 64.6 Å². The monoisotopic (exact) mass is 978 g/mol. The van der Waals surface area contributed by atoms with E-state index in [1.54, 1.807) is 50.2 Å². The molecule has 4 aliphatic rings. The summed E-state index contributed by atoms with van der Waals surface area (Å²) in [6, 6.07) is 28.0. The predicted molar refractivity (Wildman–Crippen MR) is 272 cm³/mol. The highest BCUT2D eigenvalue weighted by Gasteiger charge is 2.39. The van der Waals surface area contributed by atoms with Crippen molar-refractivity contribution in [1.29, 1.82) is 0 Å². The number of aliphatic hydroxyl groups is 1. The minimum atomic E-state index is -0.990. The molecule has 9 rings (SSSR count). The van der Waals surface area contributed by atoms with Gasteiger partial charge in [0.25, 0.3) is 5.91 Å². The molecule has 374 valence electrons. The van der Waals surface area contributed by atoms with E-state index >= 15 is 0 Å². The van der Waals surface area contributed by atoms with Crippen LogP contribution in [0.25, 0.3) is 0 Å². The van der Waals surface area contributed by atoms with E-state index in [2.05, 4.69) is 32.7 Å². The highest BCUT2D eigenvalue weighted by Crippen LogP contribution is 2.46. The first-order chi connectivity index (χ1) is 34.9. The number of nitrogens with one attached hydrogen (secondary N) is 5. The molecule has 0 radical (unpaired) electrons. The van der Waals surface area contributed by atoms with Crippen molar-refractivity contribution in [2.24, 2.45) is 10.9 Å². The van der Waals surface area contributed by atoms with Crippen LogP contribution in [0.5, 0.6) is 23.0 Å². The van der Waals surface area contributed by atoms with Gasteiger partial charge in [-0.2, -0.15) is 0 Å². The maximum Gasteiger partial charge on any atom is 0.260 e. The van der Waals surface area contributed by atoms with E-state index in [4.69, 9.17) is 23.9 Å². The van der Waals surface area contributed by atoms with Gasteiger partial charge in [-0.05, 0) is 71.1 Å². The number of aliphatic hydroxyl groups excluding tert-OH is 1. The van der Waals surface area contributed by atoms with Crippen LogP contribution in [0.1, 0.15) is 64.7 Å². The summed E-state index contributed by atoms with van der Waals surface area (Å²) in [6.07, 6.45) is 2.71. The van der Waals surface area contributed by atoms with E-state index in [0.717, 1.165) is 28.9 Å². The molecule has 0 aliphatic carbocycles. The van der Waals surface area contributed by atoms with E-state index in [0.29, 0.717) is 88.2 Å². The Bertz CT molecular complexity index is 2940. The molecule has 18 heteroatoms. The molecular weight excluding hydrogens is 921 g/mol.